The van der Waals surface area contributed by atoms with E-state index in [9.17, 15) is 40.3 Å². The van der Waals surface area contributed by atoms with Crippen molar-refractivity contribution in [1.29, 1.82) is 0 Å². The predicted molar refractivity (Wildman–Crippen MR) is 83.8 cm³/mol. The fourth-order valence-electron chi connectivity index (χ4n) is 2.11. The predicted octanol–water partition coefficient (Wildman–Crippen LogP) is 4.23. The molecule has 0 bridgehead atoms. The summed E-state index contributed by atoms with van der Waals surface area (Å²) in [4.78, 5) is 23.6. The van der Waals surface area contributed by atoms with Gasteiger partial charge in [0.25, 0.3) is 5.91 Å². The summed E-state index contributed by atoms with van der Waals surface area (Å²) in [6, 6.07) is 5.39. The van der Waals surface area contributed by atoms with Crippen LogP contribution in [0.5, 0.6) is 0 Å². The van der Waals surface area contributed by atoms with Gasteiger partial charge in [0.05, 0.1) is 23.4 Å². The maximum Gasteiger partial charge on any atom is 0.416 e. The van der Waals surface area contributed by atoms with Crippen molar-refractivity contribution in [2.24, 2.45) is 0 Å². The molecule has 0 fully saturated rings. The number of hydrogen-bond donors (Lipinski definition) is 2. The van der Waals surface area contributed by atoms with Crippen molar-refractivity contribution < 1.29 is 40.3 Å². The Hall–Kier alpha value is -3.11. The van der Waals surface area contributed by atoms with Gasteiger partial charge in [-0.25, -0.2) is 4.39 Å². The molecule has 0 saturated heterocycles. The number of nitrogens with one attached hydrogen (secondary N) is 2. The van der Waals surface area contributed by atoms with E-state index in [-0.39, 0.29) is 23.9 Å². The molecule has 0 aliphatic rings. The molecule has 2 aromatic rings. The maximum absolute atomic E-state index is 13.4. The van der Waals surface area contributed by atoms with Crippen molar-refractivity contribution in [3.8, 4) is 0 Å². The summed E-state index contributed by atoms with van der Waals surface area (Å²) in [5.74, 6) is -3.03. The highest BCUT2D eigenvalue weighted by Gasteiger charge is 2.37. The highest BCUT2D eigenvalue weighted by Crippen LogP contribution is 2.36. The SMILES string of the molecule is O=C(CNC(=O)c1cc(C(F)(F)F)cc(C(F)(F)F)c1)Nc1ccccc1F. The van der Waals surface area contributed by atoms with E-state index in [1.54, 1.807) is 0 Å². The number of alkyl halides is 6. The summed E-state index contributed by atoms with van der Waals surface area (Å²) >= 11 is 0. The summed E-state index contributed by atoms with van der Waals surface area (Å²) in [5, 5.41) is 3.99. The second-order valence-electron chi connectivity index (χ2n) is 5.51. The molecule has 0 spiro atoms. The Morgan fingerprint density at radius 3 is 1.89 bits per heavy atom. The van der Waals surface area contributed by atoms with Crippen molar-refractivity contribution in [2.45, 2.75) is 12.4 Å². The van der Waals surface area contributed by atoms with Gasteiger partial charge >= 0.3 is 12.4 Å². The maximum atomic E-state index is 13.4. The molecule has 2 aromatic carbocycles. The second kappa shape index (κ2) is 7.87. The summed E-state index contributed by atoms with van der Waals surface area (Å²) in [7, 11) is 0. The van der Waals surface area contributed by atoms with Crippen LogP contribution in [0, 0.1) is 5.82 Å². The monoisotopic (exact) mass is 408 g/mol. The van der Waals surface area contributed by atoms with Crippen LogP contribution in [-0.2, 0) is 17.1 Å². The second-order valence-corrected chi connectivity index (χ2v) is 5.51. The van der Waals surface area contributed by atoms with E-state index in [1.165, 1.54) is 18.2 Å². The summed E-state index contributed by atoms with van der Waals surface area (Å²) in [6.45, 7) is -0.801. The van der Waals surface area contributed by atoms with Crippen LogP contribution in [0.3, 0.4) is 0 Å². The van der Waals surface area contributed by atoms with Gasteiger partial charge in [0.2, 0.25) is 5.91 Å². The Bertz CT molecular complexity index is 860. The van der Waals surface area contributed by atoms with Gasteiger partial charge in [0.1, 0.15) is 5.82 Å². The van der Waals surface area contributed by atoms with Crippen LogP contribution in [0.1, 0.15) is 21.5 Å². The first-order chi connectivity index (χ1) is 12.9. The number of amides is 2. The minimum atomic E-state index is -5.11. The molecule has 11 heteroatoms. The van der Waals surface area contributed by atoms with E-state index in [1.807, 2.05) is 5.32 Å². The minimum Gasteiger partial charge on any atom is -0.343 e. The number of halogens is 7. The van der Waals surface area contributed by atoms with E-state index < -0.39 is 53.2 Å². The molecule has 0 saturated carbocycles. The standard InChI is InChI=1S/C17H11F7N2O2/c18-12-3-1-2-4-13(12)26-14(27)8-25-15(28)9-5-10(16(19,20)21)7-11(6-9)17(22,23)24/h1-7H,8H2,(H,25,28)(H,26,27). The molecule has 0 heterocycles. The summed E-state index contributed by atoms with van der Waals surface area (Å²) < 4.78 is 90.2. The zero-order chi connectivity index (χ0) is 21.1. The van der Waals surface area contributed by atoms with Crippen molar-refractivity contribution in [3.63, 3.8) is 0 Å². The molecule has 0 unspecified atom stereocenters. The van der Waals surface area contributed by atoms with Gasteiger partial charge in [-0.2, -0.15) is 26.3 Å². The lowest BCUT2D eigenvalue weighted by atomic mass is 10.0. The quantitative estimate of drug-likeness (QED) is 0.744. The first-order valence-corrected chi connectivity index (χ1v) is 7.50. The topological polar surface area (TPSA) is 58.2 Å². The highest BCUT2D eigenvalue weighted by atomic mass is 19.4. The molecule has 0 aliphatic heterocycles. The number of anilines is 1. The van der Waals surface area contributed by atoms with Crippen LogP contribution in [0.2, 0.25) is 0 Å². The van der Waals surface area contributed by atoms with Crippen LogP contribution in [0.15, 0.2) is 42.5 Å². The van der Waals surface area contributed by atoms with Crippen LogP contribution in [-0.4, -0.2) is 18.4 Å². The third-order valence-electron chi connectivity index (χ3n) is 3.41. The molecule has 2 amide bonds. The largest absolute Gasteiger partial charge is 0.416 e. The van der Waals surface area contributed by atoms with Gasteiger partial charge < -0.3 is 10.6 Å². The third-order valence-corrected chi connectivity index (χ3v) is 3.41. The molecule has 2 N–H and O–H groups in total. The minimum absolute atomic E-state index is 0.123. The zero-order valence-electron chi connectivity index (χ0n) is 13.7. The number of rotatable bonds is 4. The third kappa shape index (κ3) is 5.44. The van der Waals surface area contributed by atoms with E-state index in [0.29, 0.717) is 0 Å². The lowest BCUT2D eigenvalue weighted by Gasteiger charge is -2.14. The van der Waals surface area contributed by atoms with E-state index in [4.69, 9.17) is 0 Å². The van der Waals surface area contributed by atoms with E-state index in [0.717, 1.165) is 6.07 Å². The van der Waals surface area contributed by atoms with Crippen LogP contribution in [0.4, 0.5) is 36.4 Å². The zero-order valence-corrected chi connectivity index (χ0v) is 13.7. The van der Waals surface area contributed by atoms with Gasteiger partial charge in [0, 0.05) is 5.56 Å². The fourth-order valence-corrected chi connectivity index (χ4v) is 2.11. The average Bonchev–Trinajstić information content (AvgIpc) is 2.59. The summed E-state index contributed by atoms with van der Waals surface area (Å²) in [6.07, 6.45) is -10.2. The molecular weight excluding hydrogens is 397 g/mol. The number of para-hydroxylation sites is 1. The van der Waals surface area contributed by atoms with E-state index >= 15 is 0 Å². The number of hydrogen-bond acceptors (Lipinski definition) is 2. The molecule has 4 nitrogen and oxygen atoms in total. The summed E-state index contributed by atoms with van der Waals surface area (Å²) in [5.41, 5.74) is -4.47. The number of carbonyl (C=O) groups excluding carboxylic acids is 2. The van der Waals surface area contributed by atoms with Gasteiger partial charge in [-0.05, 0) is 30.3 Å². The Morgan fingerprint density at radius 1 is 0.857 bits per heavy atom. The van der Waals surface area contributed by atoms with Crippen molar-refractivity contribution in [2.75, 3.05) is 11.9 Å². The average molecular weight is 408 g/mol. The lowest BCUT2D eigenvalue weighted by molar-refractivity contribution is -0.143. The van der Waals surface area contributed by atoms with Crippen LogP contribution >= 0.6 is 0 Å². The smallest absolute Gasteiger partial charge is 0.343 e. The molecule has 28 heavy (non-hydrogen) atoms. The van der Waals surface area contributed by atoms with E-state index in [2.05, 4.69) is 5.32 Å². The van der Waals surface area contributed by atoms with Crippen molar-refractivity contribution >= 4 is 17.5 Å². The highest BCUT2D eigenvalue weighted by molar-refractivity contribution is 5.99. The van der Waals surface area contributed by atoms with Gasteiger partial charge in [-0.15, -0.1) is 0 Å². The van der Waals surface area contributed by atoms with Crippen LogP contribution < -0.4 is 10.6 Å². The van der Waals surface area contributed by atoms with Gasteiger partial charge in [-0.1, -0.05) is 12.1 Å². The first kappa shape index (κ1) is 21.2. The normalized spacial score (nSPS) is 11.8. The molecule has 150 valence electrons. The molecule has 2 rings (SSSR count). The number of benzene rings is 2. The molecule has 0 aromatic heterocycles. The van der Waals surface area contributed by atoms with Crippen molar-refractivity contribution in [1.82, 2.24) is 5.32 Å². The molecule has 0 radical (unpaired) electrons. The van der Waals surface area contributed by atoms with Crippen LogP contribution in [0.25, 0.3) is 0 Å². The Morgan fingerprint density at radius 2 is 1.39 bits per heavy atom. The Labute approximate surface area is 153 Å². The van der Waals surface area contributed by atoms with Gasteiger partial charge in [0.15, 0.2) is 0 Å². The molecule has 0 atom stereocenters. The first-order valence-electron chi connectivity index (χ1n) is 7.50. The Balaban J connectivity index is 2.15. The van der Waals surface area contributed by atoms with Gasteiger partial charge in [-0.3, -0.25) is 9.59 Å². The number of carbonyl (C=O) groups is 2. The van der Waals surface area contributed by atoms with Crippen molar-refractivity contribution in [3.05, 3.63) is 65.0 Å². The molecular formula is C17H11F7N2O2. The fraction of sp³-hybridized carbons (Fsp3) is 0.176. The lowest BCUT2D eigenvalue weighted by Crippen LogP contribution is -2.33. The Kier molecular flexibility index (Phi) is 5.95. The molecule has 0 aliphatic carbocycles.